The molecule has 2 saturated heterocycles. The van der Waals surface area contributed by atoms with Crippen molar-refractivity contribution >= 4 is 5.91 Å². The van der Waals surface area contributed by atoms with E-state index >= 15 is 0 Å². The van der Waals surface area contributed by atoms with Crippen LogP contribution in [-0.4, -0.2) is 61.6 Å². The first kappa shape index (κ1) is 20.9. The number of piperidine rings is 1. The highest BCUT2D eigenvalue weighted by Crippen LogP contribution is 2.50. The lowest BCUT2D eigenvalue weighted by Crippen LogP contribution is -2.44. The van der Waals surface area contributed by atoms with Gasteiger partial charge in [-0.1, -0.05) is 45.0 Å². The molecule has 29 heavy (non-hydrogen) atoms. The summed E-state index contributed by atoms with van der Waals surface area (Å²) in [5, 5.41) is 0. The van der Waals surface area contributed by atoms with Gasteiger partial charge in [-0.25, -0.2) is 0 Å². The van der Waals surface area contributed by atoms with Crippen molar-refractivity contribution in [1.29, 1.82) is 0 Å². The largest absolute Gasteiger partial charge is 0.379 e. The van der Waals surface area contributed by atoms with Crippen molar-refractivity contribution in [1.82, 2.24) is 9.80 Å². The van der Waals surface area contributed by atoms with Crippen LogP contribution < -0.4 is 0 Å². The maximum absolute atomic E-state index is 13.4. The van der Waals surface area contributed by atoms with Gasteiger partial charge in [0.2, 0.25) is 5.91 Å². The molecule has 0 N–H and O–H groups in total. The van der Waals surface area contributed by atoms with Crippen LogP contribution in [0.25, 0.3) is 0 Å². The normalized spacial score (nSPS) is 23.2. The molecule has 0 atom stereocenters. The molecule has 1 aliphatic carbocycles. The molecule has 4 rings (SSSR count). The van der Waals surface area contributed by atoms with Crippen molar-refractivity contribution in [2.75, 3.05) is 45.9 Å². The number of morpholine rings is 1. The summed E-state index contributed by atoms with van der Waals surface area (Å²) in [5.41, 5.74) is 2.50. The molecule has 0 bridgehead atoms. The summed E-state index contributed by atoms with van der Waals surface area (Å²) in [7, 11) is 0. The summed E-state index contributed by atoms with van der Waals surface area (Å²) in [4.78, 5) is 18.1. The van der Waals surface area contributed by atoms with Crippen molar-refractivity contribution in [3.8, 4) is 0 Å². The Balaban J connectivity index is 1.30. The van der Waals surface area contributed by atoms with Crippen molar-refractivity contribution in [2.45, 2.75) is 63.7 Å². The van der Waals surface area contributed by atoms with E-state index in [2.05, 4.69) is 54.8 Å². The zero-order valence-corrected chi connectivity index (χ0v) is 18.6. The molecule has 3 aliphatic rings. The molecule has 0 spiro atoms. The van der Waals surface area contributed by atoms with Crippen molar-refractivity contribution in [3.63, 3.8) is 0 Å². The number of ether oxygens (including phenoxy) is 1. The Morgan fingerprint density at radius 1 is 1.03 bits per heavy atom. The van der Waals surface area contributed by atoms with Crippen LogP contribution in [0.15, 0.2) is 24.3 Å². The highest BCUT2D eigenvalue weighted by atomic mass is 16.5. The second-order valence-electron chi connectivity index (χ2n) is 10.4. The van der Waals surface area contributed by atoms with Crippen LogP contribution in [0.1, 0.15) is 64.0 Å². The van der Waals surface area contributed by atoms with E-state index in [0.717, 1.165) is 71.0 Å². The lowest BCUT2D eigenvalue weighted by atomic mass is 9.84. The average molecular weight is 399 g/mol. The molecule has 1 saturated carbocycles. The number of rotatable bonds is 5. The Morgan fingerprint density at radius 2 is 1.66 bits per heavy atom. The van der Waals surface area contributed by atoms with Crippen molar-refractivity contribution in [2.24, 2.45) is 5.92 Å². The zero-order valence-electron chi connectivity index (χ0n) is 18.6. The molecular formula is C25H38N2O2. The minimum atomic E-state index is -0.225. The van der Waals surface area contributed by atoms with Crippen molar-refractivity contribution < 1.29 is 9.53 Å². The fourth-order valence-corrected chi connectivity index (χ4v) is 4.96. The number of benzene rings is 1. The number of nitrogens with zero attached hydrogens (tertiary/aromatic N) is 2. The van der Waals surface area contributed by atoms with E-state index in [-0.39, 0.29) is 10.8 Å². The molecule has 1 aromatic carbocycles. The predicted octanol–water partition coefficient (Wildman–Crippen LogP) is 3.98. The molecule has 1 aromatic rings. The van der Waals surface area contributed by atoms with Gasteiger partial charge in [-0.3, -0.25) is 9.69 Å². The smallest absolute Gasteiger partial charge is 0.233 e. The Kier molecular flexibility index (Phi) is 6.04. The van der Waals surface area contributed by atoms with Gasteiger partial charge < -0.3 is 9.64 Å². The van der Waals surface area contributed by atoms with Gasteiger partial charge in [0, 0.05) is 26.2 Å². The Morgan fingerprint density at radius 3 is 2.21 bits per heavy atom. The standard InChI is InChI=1S/C25H38N2O2/c1-24(2,3)21-4-6-22(7-5-21)25(11-12-25)23(28)27-14-9-20(10-15-27)8-13-26-16-18-29-19-17-26/h4-7,20H,8-19H2,1-3H3. The number of carbonyl (C=O) groups excluding carboxylic acids is 1. The van der Waals surface area contributed by atoms with E-state index in [1.54, 1.807) is 0 Å². The van der Waals surface area contributed by atoms with E-state index < -0.39 is 0 Å². The fraction of sp³-hybridized carbons (Fsp3) is 0.720. The highest BCUT2D eigenvalue weighted by Gasteiger charge is 2.53. The molecule has 3 fully saturated rings. The first-order valence-electron chi connectivity index (χ1n) is 11.6. The van der Waals surface area contributed by atoms with Crippen LogP contribution in [0.2, 0.25) is 0 Å². The summed E-state index contributed by atoms with van der Waals surface area (Å²) in [6.45, 7) is 13.7. The topological polar surface area (TPSA) is 32.8 Å². The molecule has 2 heterocycles. The Labute approximate surface area is 176 Å². The monoisotopic (exact) mass is 398 g/mol. The maximum Gasteiger partial charge on any atom is 0.233 e. The molecule has 0 aromatic heterocycles. The first-order valence-corrected chi connectivity index (χ1v) is 11.6. The second kappa shape index (κ2) is 8.39. The van der Waals surface area contributed by atoms with Crippen LogP contribution in [0, 0.1) is 5.92 Å². The van der Waals surface area contributed by atoms with Crippen LogP contribution in [0.3, 0.4) is 0 Å². The predicted molar refractivity (Wildman–Crippen MR) is 117 cm³/mol. The lowest BCUT2D eigenvalue weighted by Gasteiger charge is -2.36. The second-order valence-corrected chi connectivity index (χ2v) is 10.4. The van der Waals surface area contributed by atoms with Crippen LogP contribution in [-0.2, 0) is 20.4 Å². The van der Waals surface area contributed by atoms with Crippen LogP contribution >= 0.6 is 0 Å². The molecule has 160 valence electrons. The van der Waals surface area contributed by atoms with Gasteiger partial charge in [-0.15, -0.1) is 0 Å². The van der Waals surface area contributed by atoms with E-state index in [1.165, 1.54) is 24.1 Å². The van der Waals surface area contributed by atoms with E-state index in [4.69, 9.17) is 4.74 Å². The van der Waals surface area contributed by atoms with Gasteiger partial charge in [-0.2, -0.15) is 0 Å². The summed E-state index contributed by atoms with van der Waals surface area (Å²) >= 11 is 0. The third kappa shape index (κ3) is 4.69. The maximum atomic E-state index is 13.4. The van der Waals surface area contributed by atoms with Gasteiger partial charge in [0.25, 0.3) is 0 Å². The SMILES string of the molecule is CC(C)(C)c1ccc(C2(C(=O)N3CCC(CCN4CCOCC4)CC3)CC2)cc1. The zero-order chi connectivity index (χ0) is 20.5. The number of likely N-dealkylation sites (tertiary alicyclic amines) is 1. The van der Waals surface area contributed by atoms with Gasteiger partial charge in [0.15, 0.2) is 0 Å². The van der Waals surface area contributed by atoms with E-state index in [1.807, 2.05) is 0 Å². The summed E-state index contributed by atoms with van der Waals surface area (Å²) < 4.78 is 5.44. The summed E-state index contributed by atoms with van der Waals surface area (Å²) in [5.74, 6) is 1.15. The van der Waals surface area contributed by atoms with Gasteiger partial charge >= 0.3 is 0 Å². The van der Waals surface area contributed by atoms with Gasteiger partial charge in [-0.05, 0) is 61.1 Å². The summed E-state index contributed by atoms with van der Waals surface area (Å²) in [6, 6.07) is 8.86. The molecule has 2 aliphatic heterocycles. The van der Waals surface area contributed by atoms with Crippen LogP contribution in [0.5, 0.6) is 0 Å². The molecule has 1 amide bonds. The third-order valence-corrected chi connectivity index (χ3v) is 7.32. The first-order chi connectivity index (χ1) is 13.9. The number of hydrogen-bond donors (Lipinski definition) is 0. The molecule has 4 nitrogen and oxygen atoms in total. The number of carbonyl (C=O) groups is 1. The highest BCUT2D eigenvalue weighted by molar-refractivity contribution is 5.91. The summed E-state index contributed by atoms with van der Waals surface area (Å²) in [6.07, 6.45) is 5.61. The Hall–Kier alpha value is -1.39. The minimum absolute atomic E-state index is 0.155. The lowest BCUT2D eigenvalue weighted by molar-refractivity contribution is -0.135. The average Bonchev–Trinajstić information content (AvgIpc) is 3.54. The minimum Gasteiger partial charge on any atom is -0.379 e. The van der Waals surface area contributed by atoms with Crippen LogP contribution in [0.4, 0.5) is 0 Å². The van der Waals surface area contributed by atoms with E-state index in [0.29, 0.717) is 5.91 Å². The molecular weight excluding hydrogens is 360 g/mol. The van der Waals surface area contributed by atoms with Gasteiger partial charge in [0.05, 0.1) is 18.6 Å². The third-order valence-electron chi connectivity index (χ3n) is 7.32. The quantitative estimate of drug-likeness (QED) is 0.752. The molecule has 0 unspecified atom stereocenters. The van der Waals surface area contributed by atoms with Gasteiger partial charge in [0.1, 0.15) is 0 Å². The molecule has 4 heteroatoms. The Bertz CT molecular complexity index is 689. The number of amides is 1. The number of hydrogen-bond acceptors (Lipinski definition) is 3. The van der Waals surface area contributed by atoms with E-state index in [9.17, 15) is 4.79 Å². The van der Waals surface area contributed by atoms with Crippen molar-refractivity contribution in [3.05, 3.63) is 35.4 Å². The molecule has 0 radical (unpaired) electrons. The fourth-order valence-electron chi connectivity index (χ4n) is 4.96.